The first-order valence-electron chi connectivity index (χ1n) is 12.2. The standard InChI is InChI=1S/C30H30O4/c31-29(32)27-25(21-14-6-2-7-15-21)28(26(27)22-16-8-3-9-17-22)30(33)34-24-19-11-10-18-23(24)20-12-4-1-5-13-20/h1-9,12-17,23-28H,10-11,18-19H2,(H,31,32)/t23?,24-,25+,26+,27-,28-/m1/s1. The second-order valence-corrected chi connectivity index (χ2v) is 9.54. The van der Waals surface area contributed by atoms with Gasteiger partial charge in [-0.25, -0.2) is 0 Å². The van der Waals surface area contributed by atoms with Gasteiger partial charge in [0.1, 0.15) is 6.10 Å². The van der Waals surface area contributed by atoms with Crippen LogP contribution in [0.1, 0.15) is 60.1 Å². The minimum atomic E-state index is -0.869. The molecule has 0 heterocycles. The highest BCUT2D eigenvalue weighted by Gasteiger charge is 2.59. The quantitative estimate of drug-likeness (QED) is 0.454. The van der Waals surface area contributed by atoms with E-state index in [2.05, 4.69) is 12.1 Å². The molecule has 4 atom stereocenters. The Balaban J connectivity index is 1.46. The summed E-state index contributed by atoms with van der Waals surface area (Å²) in [7, 11) is 0. The Labute approximate surface area is 200 Å². The van der Waals surface area contributed by atoms with E-state index in [9.17, 15) is 14.7 Å². The molecule has 1 N–H and O–H groups in total. The Kier molecular flexibility index (Phi) is 6.48. The average molecular weight is 455 g/mol. The summed E-state index contributed by atoms with van der Waals surface area (Å²) >= 11 is 0. The van der Waals surface area contributed by atoms with Crippen LogP contribution in [0, 0.1) is 11.8 Å². The molecule has 34 heavy (non-hydrogen) atoms. The summed E-state index contributed by atoms with van der Waals surface area (Å²) in [6.07, 6.45) is 3.81. The van der Waals surface area contributed by atoms with Crippen molar-refractivity contribution in [3.8, 4) is 0 Å². The van der Waals surface area contributed by atoms with Gasteiger partial charge in [-0.2, -0.15) is 0 Å². The molecule has 3 aromatic carbocycles. The topological polar surface area (TPSA) is 63.6 Å². The third-order valence-electron chi connectivity index (χ3n) is 7.67. The number of ether oxygens (including phenoxy) is 1. The molecule has 0 aromatic heterocycles. The fourth-order valence-corrected chi connectivity index (χ4v) is 6.08. The van der Waals surface area contributed by atoms with Crippen LogP contribution in [-0.2, 0) is 14.3 Å². The number of carboxylic acid groups (broad SMARTS) is 1. The van der Waals surface area contributed by atoms with Gasteiger partial charge in [0.05, 0.1) is 11.8 Å². The molecule has 2 fully saturated rings. The van der Waals surface area contributed by atoms with Gasteiger partial charge in [0.25, 0.3) is 0 Å². The first-order valence-corrected chi connectivity index (χ1v) is 12.2. The van der Waals surface area contributed by atoms with Gasteiger partial charge < -0.3 is 9.84 Å². The number of esters is 1. The van der Waals surface area contributed by atoms with Crippen LogP contribution in [0.15, 0.2) is 91.0 Å². The van der Waals surface area contributed by atoms with Crippen molar-refractivity contribution in [1.82, 2.24) is 0 Å². The lowest BCUT2D eigenvalue weighted by atomic mass is 9.52. The Morgan fingerprint density at radius 1 is 0.647 bits per heavy atom. The van der Waals surface area contributed by atoms with E-state index in [4.69, 9.17) is 4.74 Å². The van der Waals surface area contributed by atoms with Crippen LogP contribution in [0.25, 0.3) is 0 Å². The third kappa shape index (κ3) is 4.25. The number of carbonyl (C=O) groups excluding carboxylic acids is 1. The van der Waals surface area contributed by atoms with E-state index in [-0.39, 0.29) is 18.0 Å². The Morgan fingerprint density at radius 3 is 1.62 bits per heavy atom. The maximum Gasteiger partial charge on any atom is 0.310 e. The van der Waals surface area contributed by atoms with Gasteiger partial charge in [-0.15, -0.1) is 0 Å². The molecule has 0 radical (unpaired) electrons. The fraction of sp³-hybridized carbons (Fsp3) is 0.333. The van der Waals surface area contributed by atoms with Crippen LogP contribution in [0.3, 0.4) is 0 Å². The molecule has 5 rings (SSSR count). The number of benzene rings is 3. The minimum absolute atomic E-state index is 0.180. The monoisotopic (exact) mass is 454 g/mol. The van der Waals surface area contributed by atoms with Crippen molar-refractivity contribution in [2.24, 2.45) is 11.8 Å². The highest BCUT2D eigenvalue weighted by Crippen LogP contribution is 2.58. The van der Waals surface area contributed by atoms with Gasteiger partial charge in [-0.3, -0.25) is 9.59 Å². The molecule has 0 aliphatic heterocycles. The van der Waals surface area contributed by atoms with Crippen LogP contribution >= 0.6 is 0 Å². The molecule has 4 heteroatoms. The zero-order valence-corrected chi connectivity index (χ0v) is 19.1. The van der Waals surface area contributed by atoms with E-state index >= 15 is 0 Å². The number of hydrogen-bond acceptors (Lipinski definition) is 3. The molecule has 0 saturated heterocycles. The maximum absolute atomic E-state index is 13.8. The van der Waals surface area contributed by atoms with Gasteiger partial charge in [-0.05, 0) is 36.0 Å². The highest BCUT2D eigenvalue weighted by atomic mass is 16.5. The number of rotatable bonds is 6. The molecule has 0 bridgehead atoms. The SMILES string of the molecule is O=C(O)[C@H]1[C@H](c2ccccc2)[C@H](C(=O)O[C@@H]2CCCCC2c2ccccc2)[C@H]1c1ccccc1. The average Bonchev–Trinajstić information content (AvgIpc) is 2.85. The Hall–Kier alpha value is -3.40. The summed E-state index contributed by atoms with van der Waals surface area (Å²) < 4.78 is 6.26. The second-order valence-electron chi connectivity index (χ2n) is 9.54. The summed E-state index contributed by atoms with van der Waals surface area (Å²) in [6, 6.07) is 29.4. The van der Waals surface area contributed by atoms with Gasteiger partial charge in [0, 0.05) is 17.8 Å². The Morgan fingerprint density at radius 2 is 1.12 bits per heavy atom. The number of carbonyl (C=O) groups is 2. The maximum atomic E-state index is 13.8. The van der Waals surface area contributed by atoms with Gasteiger partial charge in [0.2, 0.25) is 0 Å². The number of carboxylic acids is 1. The molecule has 174 valence electrons. The molecule has 3 aromatic rings. The summed E-state index contributed by atoms with van der Waals surface area (Å²) in [5.41, 5.74) is 2.97. The first-order chi connectivity index (χ1) is 16.6. The normalized spacial score (nSPS) is 28.5. The van der Waals surface area contributed by atoms with Crippen molar-refractivity contribution in [3.05, 3.63) is 108 Å². The molecule has 1 unspecified atom stereocenters. The zero-order chi connectivity index (χ0) is 23.5. The van der Waals surface area contributed by atoms with Gasteiger partial charge in [-0.1, -0.05) is 97.4 Å². The van der Waals surface area contributed by atoms with E-state index in [1.807, 2.05) is 78.9 Å². The highest BCUT2D eigenvalue weighted by molar-refractivity contribution is 5.84. The van der Waals surface area contributed by atoms with Gasteiger partial charge >= 0.3 is 11.9 Å². The third-order valence-corrected chi connectivity index (χ3v) is 7.67. The minimum Gasteiger partial charge on any atom is -0.481 e. The molecule has 2 saturated carbocycles. The second kappa shape index (κ2) is 9.84. The van der Waals surface area contributed by atoms with Crippen molar-refractivity contribution >= 4 is 11.9 Å². The summed E-state index contributed by atoms with van der Waals surface area (Å²) in [6.45, 7) is 0. The number of hydrogen-bond donors (Lipinski definition) is 1. The van der Waals surface area contributed by atoms with Crippen molar-refractivity contribution in [2.45, 2.75) is 49.5 Å². The fourth-order valence-electron chi connectivity index (χ4n) is 6.08. The predicted octanol–water partition coefficient (Wildman–Crippen LogP) is 6.15. The lowest BCUT2D eigenvalue weighted by molar-refractivity contribution is -0.170. The predicted molar refractivity (Wildman–Crippen MR) is 131 cm³/mol. The number of aliphatic carboxylic acids is 1. The van der Waals surface area contributed by atoms with Crippen LogP contribution in [-0.4, -0.2) is 23.1 Å². The van der Waals surface area contributed by atoms with Crippen molar-refractivity contribution in [3.63, 3.8) is 0 Å². The van der Waals surface area contributed by atoms with Crippen molar-refractivity contribution < 1.29 is 19.4 Å². The lowest BCUT2D eigenvalue weighted by Gasteiger charge is -2.49. The van der Waals surface area contributed by atoms with E-state index in [0.29, 0.717) is 0 Å². The molecule has 2 aliphatic carbocycles. The first kappa shape index (κ1) is 22.4. The molecule has 0 amide bonds. The largest absolute Gasteiger partial charge is 0.481 e. The zero-order valence-electron chi connectivity index (χ0n) is 19.1. The van der Waals surface area contributed by atoms with E-state index < -0.39 is 29.6 Å². The van der Waals surface area contributed by atoms with Crippen LogP contribution < -0.4 is 0 Å². The van der Waals surface area contributed by atoms with Crippen molar-refractivity contribution in [1.29, 1.82) is 0 Å². The van der Waals surface area contributed by atoms with E-state index in [1.165, 1.54) is 5.56 Å². The molecule has 2 aliphatic rings. The summed E-state index contributed by atoms with van der Waals surface area (Å²) in [5.74, 6) is -2.97. The van der Waals surface area contributed by atoms with E-state index in [1.54, 1.807) is 0 Å². The summed E-state index contributed by atoms with van der Waals surface area (Å²) in [5, 5.41) is 10.2. The molecule has 0 spiro atoms. The molecule has 4 nitrogen and oxygen atoms in total. The van der Waals surface area contributed by atoms with Crippen LogP contribution in [0.4, 0.5) is 0 Å². The molecular formula is C30H30O4. The van der Waals surface area contributed by atoms with Crippen LogP contribution in [0.2, 0.25) is 0 Å². The molecular weight excluding hydrogens is 424 g/mol. The van der Waals surface area contributed by atoms with Crippen molar-refractivity contribution in [2.75, 3.05) is 0 Å². The smallest absolute Gasteiger partial charge is 0.310 e. The van der Waals surface area contributed by atoms with Gasteiger partial charge in [0.15, 0.2) is 0 Å². The summed E-state index contributed by atoms with van der Waals surface area (Å²) in [4.78, 5) is 26.2. The lowest BCUT2D eigenvalue weighted by Crippen LogP contribution is -2.52. The Bertz CT molecular complexity index is 1060. The van der Waals surface area contributed by atoms with E-state index in [0.717, 1.165) is 36.8 Å². The van der Waals surface area contributed by atoms with Crippen LogP contribution in [0.5, 0.6) is 0 Å².